The Morgan fingerprint density at radius 1 is 1.08 bits per heavy atom. The minimum Gasteiger partial charge on any atom is -0.473 e. The Morgan fingerprint density at radius 3 is 2.54 bits per heavy atom. The Balaban J connectivity index is 1.34. The number of rotatable bonds is 4. The second kappa shape index (κ2) is 7.66. The number of carbonyl (C=O) groups is 1. The number of hydrogen-bond acceptors (Lipinski definition) is 5. The van der Waals surface area contributed by atoms with Crippen LogP contribution in [0.25, 0.3) is 11.1 Å². The summed E-state index contributed by atoms with van der Waals surface area (Å²) in [5.74, 6) is 0.626. The molecule has 0 atom stereocenters. The van der Waals surface area contributed by atoms with Crippen molar-refractivity contribution in [1.29, 1.82) is 0 Å². The van der Waals surface area contributed by atoms with Crippen molar-refractivity contribution in [3.8, 4) is 17.0 Å². The Hall–Kier alpha value is -2.73. The van der Waals surface area contributed by atoms with Crippen molar-refractivity contribution >= 4 is 17.2 Å². The second-order valence-electron chi connectivity index (χ2n) is 6.24. The summed E-state index contributed by atoms with van der Waals surface area (Å²) in [6, 6.07) is 9.94. The fourth-order valence-electron chi connectivity index (χ4n) is 3.11. The molecule has 1 aliphatic rings. The fourth-order valence-corrected chi connectivity index (χ4v) is 3.78. The van der Waals surface area contributed by atoms with Gasteiger partial charge < -0.3 is 9.64 Å². The van der Waals surface area contributed by atoms with Gasteiger partial charge in [-0.1, -0.05) is 12.1 Å². The average Bonchev–Trinajstić information content (AvgIpc) is 3.24. The van der Waals surface area contributed by atoms with E-state index in [1.165, 1.54) is 5.56 Å². The Morgan fingerprint density at radius 2 is 1.88 bits per heavy atom. The van der Waals surface area contributed by atoms with Crippen molar-refractivity contribution in [2.45, 2.75) is 18.9 Å². The number of amides is 1. The summed E-state index contributed by atoms with van der Waals surface area (Å²) in [5, 5.41) is 4.17. The predicted octanol–water partition coefficient (Wildman–Crippen LogP) is 3.89. The third-order valence-electron chi connectivity index (χ3n) is 4.54. The normalized spacial score (nSPS) is 15.0. The highest BCUT2D eigenvalue weighted by atomic mass is 32.1. The van der Waals surface area contributed by atoms with Crippen molar-refractivity contribution in [3.63, 3.8) is 0 Å². The molecule has 2 aromatic heterocycles. The van der Waals surface area contributed by atoms with E-state index in [9.17, 15) is 4.79 Å². The number of nitrogens with zero attached hydrogens (tertiary/aromatic N) is 3. The molecule has 6 heteroatoms. The maximum atomic E-state index is 12.7. The van der Waals surface area contributed by atoms with Gasteiger partial charge in [0.25, 0.3) is 5.91 Å². The van der Waals surface area contributed by atoms with Gasteiger partial charge in [-0.2, -0.15) is 11.3 Å². The molecule has 4 rings (SSSR count). The minimum atomic E-state index is 0.0803. The lowest BCUT2D eigenvalue weighted by Gasteiger charge is -2.32. The maximum absolute atomic E-state index is 12.7. The topological polar surface area (TPSA) is 55.3 Å². The van der Waals surface area contributed by atoms with Gasteiger partial charge in [0.2, 0.25) is 5.88 Å². The molecule has 1 aliphatic heterocycles. The number of piperidine rings is 1. The summed E-state index contributed by atoms with van der Waals surface area (Å²) >= 11 is 1.67. The van der Waals surface area contributed by atoms with Crippen LogP contribution in [0.15, 0.2) is 59.7 Å². The summed E-state index contributed by atoms with van der Waals surface area (Å²) in [5.41, 5.74) is 3.06. The van der Waals surface area contributed by atoms with Gasteiger partial charge in [-0.25, -0.2) is 4.98 Å². The van der Waals surface area contributed by atoms with E-state index in [1.807, 2.05) is 29.2 Å². The van der Waals surface area contributed by atoms with Gasteiger partial charge in [0.15, 0.2) is 0 Å². The number of benzene rings is 1. The van der Waals surface area contributed by atoms with Crippen LogP contribution in [0.4, 0.5) is 0 Å². The molecule has 1 amide bonds. The molecule has 0 bridgehead atoms. The summed E-state index contributed by atoms with van der Waals surface area (Å²) in [7, 11) is 0. The van der Waals surface area contributed by atoms with Crippen LogP contribution in [0, 0.1) is 0 Å². The van der Waals surface area contributed by atoms with Crippen LogP contribution in [0.2, 0.25) is 0 Å². The van der Waals surface area contributed by atoms with E-state index in [4.69, 9.17) is 4.74 Å². The molecular weight excluding hydrogens is 346 g/mol. The number of thiophene rings is 1. The molecule has 0 aliphatic carbocycles. The van der Waals surface area contributed by atoms with Crippen LogP contribution in [-0.4, -0.2) is 40.0 Å². The molecule has 3 heterocycles. The van der Waals surface area contributed by atoms with E-state index in [0.29, 0.717) is 19.0 Å². The monoisotopic (exact) mass is 365 g/mol. The van der Waals surface area contributed by atoms with Gasteiger partial charge in [-0.05, 0) is 40.1 Å². The SMILES string of the molecule is O=C(c1ccc(-c2ccsc2)cc1)N1CCC(Oc2cnccn2)CC1. The maximum Gasteiger partial charge on any atom is 0.253 e. The third kappa shape index (κ3) is 3.75. The van der Waals surface area contributed by atoms with Crippen molar-refractivity contribution in [3.05, 3.63) is 65.2 Å². The number of aromatic nitrogens is 2. The molecule has 3 aromatic rings. The highest BCUT2D eigenvalue weighted by Crippen LogP contribution is 2.23. The number of hydrogen-bond donors (Lipinski definition) is 0. The van der Waals surface area contributed by atoms with Crippen LogP contribution in [0.1, 0.15) is 23.2 Å². The summed E-state index contributed by atoms with van der Waals surface area (Å²) < 4.78 is 5.84. The minimum absolute atomic E-state index is 0.0803. The van der Waals surface area contributed by atoms with E-state index < -0.39 is 0 Å². The summed E-state index contributed by atoms with van der Waals surface area (Å²) in [6.45, 7) is 1.38. The molecule has 0 radical (unpaired) electrons. The lowest BCUT2D eigenvalue weighted by molar-refractivity contribution is 0.0587. The fraction of sp³-hybridized carbons (Fsp3) is 0.250. The molecule has 1 saturated heterocycles. The Kier molecular flexibility index (Phi) is 4.93. The van der Waals surface area contributed by atoms with Crippen molar-refractivity contribution < 1.29 is 9.53 Å². The highest BCUT2D eigenvalue weighted by molar-refractivity contribution is 7.08. The molecule has 1 fully saturated rings. The predicted molar refractivity (Wildman–Crippen MR) is 101 cm³/mol. The van der Waals surface area contributed by atoms with Crippen molar-refractivity contribution in [2.75, 3.05) is 13.1 Å². The molecule has 0 N–H and O–H groups in total. The lowest BCUT2D eigenvalue weighted by Crippen LogP contribution is -2.41. The molecule has 0 unspecified atom stereocenters. The number of likely N-dealkylation sites (tertiary alicyclic amines) is 1. The van der Waals surface area contributed by atoms with E-state index >= 15 is 0 Å². The largest absolute Gasteiger partial charge is 0.473 e. The first-order chi connectivity index (χ1) is 12.8. The van der Waals surface area contributed by atoms with Gasteiger partial charge in [0, 0.05) is 43.9 Å². The average molecular weight is 365 g/mol. The molecule has 26 heavy (non-hydrogen) atoms. The van der Waals surface area contributed by atoms with Gasteiger partial charge >= 0.3 is 0 Å². The summed E-state index contributed by atoms with van der Waals surface area (Å²) in [6.07, 6.45) is 6.54. The summed E-state index contributed by atoms with van der Waals surface area (Å²) in [4.78, 5) is 22.8. The zero-order chi connectivity index (χ0) is 17.8. The van der Waals surface area contributed by atoms with Crippen LogP contribution >= 0.6 is 11.3 Å². The van der Waals surface area contributed by atoms with Crippen LogP contribution < -0.4 is 4.74 Å². The zero-order valence-electron chi connectivity index (χ0n) is 14.2. The lowest BCUT2D eigenvalue weighted by atomic mass is 10.0. The van der Waals surface area contributed by atoms with Gasteiger partial charge in [0.05, 0.1) is 6.20 Å². The second-order valence-corrected chi connectivity index (χ2v) is 7.02. The van der Waals surface area contributed by atoms with E-state index in [-0.39, 0.29) is 12.0 Å². The van der Waals surface area contributed by atoms with Crippen LogP contribution in [-0.2, 0) is 0 Å². The smallest absolute Gasteiger partial charge is 0.253 e. The quantitative estimate of drug-likeness (QED) is 0.704. The van der Waals surface area contributed by atoms with Gasteiger partial charge in [-0.15, -0.1) is 0 Å². The van der Waals surface area contributed by atoms with E-state index in [2.05, 4.69) is 26.8 Å². The number of ether oxygens (including phenoxy) is 1. The van der Waals surface area contributed by atoms with E-state index in [0.717, 1.165) is 24.0 Å². The Labute approximate surface area is 156 Å². The molecule has 0 saturated carbocycles. The first-order valence-electron chi connectivity index (χ1n) is 8.64. The van der Waals surface area contributed by atoms with Crippen LogP contribution in [0.3, 0.4) is 0 Å². The highest BCUT2D eigenvalue weighted by Gasteiger charge is 2.25. The number of carbonyl (C=O) groups excluding carboxylic acids is 1. The molecule has 0 spiro atoms. The van der Waals surface area contributed by atoms with Gasteiger partial charge in [-0.3, -0.25) is 9.78 Å². The molecule has 5 nitrogen and oxygen atoms in total. The molecular formula is C20H19N3O2S. The van der Waals surface area contributed by atoms with Crippen molar-refractivity contribution in [2.24, 2.45) is 0 Å². The Bertz CT molecular complexity index is 843. The first-order valence-corrected chi connectivity index (χ1v) is 9.58. The van der Waals surface area contributed by atoms with Crippen LogP contribution in [0.5, 0.6) is 5.88 Å². The standard InChI is InChI=1S/C20H19N3O2S/c24-20(16-3-1-15(2-4-16)17-7-12-26-14-17)23-10-5-18(6-11-23)25-19-13-21-8-9-22-19/h1-4,7-9,12-14,18H,5-6,10-11H2. The van der Waals surface area contributed by atoms with Gasteiger partial charge in [0.1, 0.15) is 6.10 Å². The third-order valence-corrected chi connectivity index (χ3v) is 5.23. The first kappa shape index (κ1) is 16.7. The van der Waals surface area contributed by atoms with E-state index in [1.54, 1.807) is 29.9 Å². The molecule has 132 valence electrons. The zero-order valence-corrected chi connectivity index (χ0v) is 15.1. The molecule has 1 aromatic carbocycles. The van der Waals surface area contributed by atoms with Crippen molar-refractivity contribution in [1.82, 2.24) is 14.9 Å².